The van der Waals surface area contributed by atoms with Gasteiger partial charge in [0.2, 0.25) is 5.91 Å². The van der Waals surface area contributed by atoms with Crippen molar-refractivity contribution in [1.29, 1.82) is 0 Å². The minimum Gasteiger partial charge on any atom is -0.481 e. The fourth-order valence-corrected chi connectivity index (χ4v) is 2.03. The van der Waals surface area contributed by atoms with Gasteiger partial charge >= 0.3 is 5.97 Å². The van der Waals surface area contributed by atoms with Crippen molar-refractivity contribution in [3.05, 3.63) is 42.5 Å². The highest BCUT2D eigenvalue weighted by molar-refractivity contribution is 5.90. The van der Waals surface area contributed by atoms with Crippen LogP contribution in [-0.2, 0) is 16.1 Å². The molecule has 1 heterocycles. The average molecular weight is 302 g/mol. The van der Waals surface area contributed by atoms with Crippen LogP contribution in [0.15, 0.2) is 36.9 Å². The van der Waals surface area contributed by atoms with Crippen molar-refractivity contribution < 1.29 is 14.7 Å². The van der Waals surface area contributed by atoms with E-state index in [-0.39, 0.29) is 12.3 Å². The standard InChI is InChI=1S/C15H18N4O3/c20-14(6-1-2-7-15(21)22)18-13-5-3-4-12(8-13)9-19-11-16-10-17-19/h3-5,8,10-11H,1-2,6-7,9H2,(H,18,20)(H,21,22). The molecule has 1 amide bonds. The van der Waals surface area contributed by atoms with E-state index in [1.165, 1.54) is 6.33 Å². The lowest BCUT2D eigenvalue weighted by molar-refractivity contribution is -0.137. The second-order valence-corrected chi connectivity index (χ2v) is 4.94. The summed E-state index contributed by atoms with van der Waals surface area (Å²) >= 11 is 0. The zero-order chi connectivity index (χ0) is 15.8. The largest absolute Gasteiger partial charge is 0.481 e. The molecule has 0 atom stereocenters. The molecule has 1 aromatic heterocycles. The van der Waals surface area contributed by atoms with Crippen LogP contribution in [0.3, 0.4) is 0 Å². The fraction of sp³-hybridized carbons (Fsp3) is 0.333. The molecule has 0 unspecified atom stereocenters. The van der Waals surface area contributed by atoms with Crippen LogP contribution in [0.25, 0.3) is 0 Å². The average Bonchev–Trinajstić information content (AvgIpc) is 2.97. The predicted octanol–water partition coefficient (Wildman–Crippen LogP) is 1.91. The molecule has 0 fully saturated rings. The molecule has 0 bridgehead atoms. The summed E-state index contributed by atoms with van der Waals surface area (Å²) in [5, 5.41) is 15.4. The number of carbonyl (C=O) groups excluding carboxylic acids is 1. The number of carboxylic acid groups (broad SMARTS) is 1. The molecule has 0 saturated carbocycles. The van der Waals surface area contributed by atoms with Crippen molar-refractivity contribution >= 4 is 17.6 Å². The molecule has 0 saturated heterocycles. The van der Waals surface area contributed by atoms with Gasteiger partial charge in [-0.1, -0.05) is 12.1 Å². The number of hydrogen-bond acceptors (Lipinski definition) is 4. The Balaban J connectivity index is 1.82. The number of carboxylic acids is 1. The molecule has 0 aliphatic carbocycles. The number of unbranched alkanes of at least 4 members (excludes halogenated alkanes) is 1. The summed E-state index contributed by atoms with van der Waals surface area (Å²) in [6, 6.07) is 7.52. The van der Waals surface area contributed by atoms with Gasteiger partial charge in [0.25, 0.3) is 0 Å². The van der Waals surface area contributed by atoms with Gasteiger partial charge < -0.3 is 10.4 Å². The first-order valence-corrected chi connectivity index (χ1v) is 7.06. The van der Waals surface area contributed by atoms with E-state index in [9.17, 15) is 9.59 Å². The Kier molecular flexibility index (Phi) is 5.65. The van der Waals surface area contributed by atoms with Crippen molar-refractivity contribution in [3.63, 3.8) is 0 Å². The minimum atomic E-state index is -0.832. The van der Waals surface area contributed by atoms with Crippen LogP contribution in [0.4, 0.5) is 5.69 Å². The van der Waals surface area contributed by atoms with Gasteiger partial charge in [-0.25, -0.2) is 9.67 Å². The van der Waals surface area contributed by atoms with E-state index in [1.54, 1.807) is 11.0 Å². The van der Waals surface area contributed by atoms with Gasteiger partial charge in [-0.2, -0.15) is 5.10 Å². The maximum atomic E-state index is 11.8. The second-order valence-electron chi connectivity index (χ2n) is 4.94. The zero-order valence-electron chi connectivity index (χ0n) is 12.1. The van der Waals surface area contributed by atoms with Crippen LogP contribution in [0.1, 0.15) is 31.2 Å². The molecule has 7 heteroatoms. The molecule has 116 valence electrons. The predicted molar refractivity (Wildman–Crippen MR) is 80.3 cm³/mol. The number of nitrogens with zero attached hydrogens (tertiary/aromatic N) is 3. The maximum absolute atomic E-state index is 11.8. The van der Waals surface area contributed by atoms with E-state index in [1.807, 2.05) is 24.3 Å². The molecular formula is C15H18N4O3. The van der Waals surface area contributed by atoms with Crippen LogP contribution >= 0.6 is 0 Å². The molecule has 0 radical (unpaired) electrons. The first-order valence-electron chi connectivity index (χ1n) is 7.06. The van der Waals surface area contributed by atoms with Crippen molar-refractivity contribution in [3.8, 4) is 0 Å². The third kappa shape index (κ3) is 5.35. The Bertz CT molecular complexity index is 625. The molecule has 2 aromatic rings. The van der Waals surface area contributed by atoms with Crippen molar-refractivity contribution in [1.82, 2.24) is 14.8 Å². The van der Waals surface area contributed by atoms with E-state index >= 15 is 0 Å². The van der Waals surface area contributed by atoms with Crippen molar-refractivity contribution in [2.45, 2.75) is 32.2 Å². The third-order valence-corrected chi connectivity index (χ3v) is 3.07. The molecule has 2 rings (SSSR count). The summed E-state index contributed by atoms with van der Waals surface area (Å²) in [6.07, 6.45) is 4.60. The van der Waals surface area contributed by atoms with Crippen LogP contribution < -0.4 is 5.32 Å². The monoisotopic (exact) mass is 302 g/mol. The van der Waals surface area contributed by atoms with Gasteiger partial charge in [0.1, 0.15) is 12.7 Å². The number of aromatic nitrogens is 3. The summed E-state index contributed by atoms with van der Waals surface area (Å²) < 4.78 is 1.70. The van der Waals surface area contributed by atoms with Gasteiger partial charge in [0.05, 0.1) is 6.54 Å². The Morgan fingerprint density at radius 2 is 2.05 bits per heavy atom. The summed E-state index contributed by atoms with van der Waals surface area (Å²) in [6.45, 7) is 0.586. The minimum absolute atomic E-state index is 0.0979. The Morgan fingerprint density at radius 3 is 2.77 bits per heavy atom. The number of amides is 1. The quantitative estimate of drug-likeness (QED) is 0.726. The highest BCUT2D eigenvalue weighted by Crippen LogP contribution is 2.12. The summed E-state index contributed by atoms with van der Waals surface area (Å²) in [5.41, 5.74) is 1.73. The molecule has 1 aromatic carbocycles. The normalized spacial score (nSPS) is 10.4. The molecule has 0 aliphatic rings. The highest BCUT2D eigenvalue weighted by Gasteiger charge is 2.05. The molecule has 0 aliphatic heterocycles. The first-order chi connectivity index (χ1) is 10.6. The summed E-state index contributed by atoms with van der Waals surface area (Å²) in [4.78, 5) is 26.1. The first kappa shape index (κ1) is 15.7. The highest BCUT2D eigenvalue weighted by atomic mass is 16.4. The molecule has 7 nitrogen and oxygen atoms in total. The number of nitrogens with one attached hydrogen (secondary N) is 1. The fourth-order valence-electron chi connectivity index (χ4n) is 2.03. The topological polar surface area (TPSA) is 97.1 Å². The number of aliphatic carboxylic acids is 1. The van der Waals surface area contributed by atoms with Crippen LogP contribution in [0.5, 0.6) is 0 Å². The number of hydrogen-bond donors (Lipinski definition) is 2. The lowest BCUT2D eigenvalue weighted by Crippen LogP contribution is -2.11. The third-order valence-electron chi connectivity index (χ3n) is 3.07. The summed E-state index contributed by atoms with van der Waals surface area (Å²) in [7, 11) is 0. The van der Waals surface area contributed by atoms with Gasteiger partial charge in [-0.15, -0.1) is 0 Å². The van der Waals surface area contributed by atoms with Crippen LogP contribution in [0.2, 0.25) is 0 Å². The van der Waals surface area contributed by atoms with Gasteiger partial charge in [0, 0.05) is 18.5 Å². The Morgan fingerprint density at radius 1 is 1.23 bits per heavy atom. The summed E-state index contributed by atoms with van der Waals surface area (Å²) in [5.74, 6) is -0.940. The van der Waals surface area contributed by atoms with E-state index < -0.39 is 5.97 Å². The van der Waals surface area contributed by atoms with Gasteiger partial charge in [0.15, 0.2) is 0 Å². The SMILES string of the molecule is O=C(O)CCCCC(=O)Nc1cccc(Cn2cncn2)c1. The van der Waals surface area contributed by atoms with E-state index in [0.29, 0.717) is 25.8 Å². The number of anilines is 1. The Labute approximate surface area is 128 Å². The van der Waals surface area contributed by atoms with Crippen molar-refractivity contribution in [2.24, 2.45) is 0 Å². The molecule has 22 heavy (non-hydrogen) atoms. The number of benzene rings is 1. The van der Waals surface area contributed by atoms with E-state index in [2.05, 4.69) is 15.4 Å². The number of carbonyl (C=O) groups is 2. The lowest BCUT2D eigenvalue weighted by atomic mass is 10.1. The van der Waals surface area contributed by atoms with Crippen LogP contribution in [0, 0.1) is 0 Å². The molecule has 2 N–H and O–H groups in total. The van der Waals surface area contributed by atoms with E-state index in [4.69, 9.17) is 5.11 Å². The van der Waals surface area contributed by atoms with Gasteiger partial charge in [-0.05, 0) is 30.5 Å². The second kappa shape index (κ2) is 7.92. The van der Waals surface area contributed by atoms with Gasteiger partial charge in [-0.3, -0.25) is 9.59 Å². The van der Waals surface area contributed by atoms with Crippen LogP contribution in [-0.4, -0.2) is 31.7 Å². The van der Waals surface area contributed by atoms with Crippen molar-refractivity contribution in [2.75, 3.05) is 5.32 Å². The molecular weight excluding hydrogens is 284 g/mol. The van der Waals surface area contributed by atoms with E-state index in [0.717, 1.165) is 11.3 Å². The maximum Gasteiger partial charge on any atom is 0.303 e. The number of rotatable bonds is 8. The zero-order valence-corrected chi connectivity index (χ0v) is 12.1. The lowest BCUT2D eigenvalue weighted by Gasteiger charge is -2.07. The smallest absolute Gasteiger partial charge is 0.303 e. The molecule has 0 spiro atoms. The Hall–Kier alpha value is -2.70.